The van der Waals surface area contributed by atoms with Crippen molar-refractivity contribution in [2.45, 2.75) is 33.5 Å². The Balaban J connectivity index is 2.74. The fourth-order valence-electron chi connectivity index (χ4n) is 1.31. The van der Waals surface area contributed by atoms with E-state index in [9.17, 15) is 4.39 Å². The quantitative estimate of drug-likeness (QED) is 0.612. The number of ether oxygens (including phenoxy) is 1. The first-order valence-corrected chi connectivity index (χ1v) is 5.65. The minimum absolute atomic E-state index is 0.110. The Labute approximate surface area is 101 Å². The Hall–Kier alpha value is -1.42. The number of halogens is 1. The van der Waals surface area contributed by atoms with Crippen LogP contribution in [0.1, 0.15) is 31.9 Å². The van der Waals surface area contributed by atoms with Gasteiger partial charge >= 0.3 is 0 Å². The van der Waals surface area contributed by atoms with E-state index in [0.717, 1.165) is 0 Å². The second-order valence-electron chi connectivity index (χ2n) is 4.52. The zero-order valence-electron chi connectivity index (χ0n) is 10.5. The molecule has 17 heavy (non-hydrogen) atoms. The number of nitrogen functional groups attached to an aromatic ring is 1. The first-order chi connectivity index (χ1) is 7.90. The van der Waals surface area contributed by atoms with Gasteiger partial charge < -0.3 is 10.5 Å². The molecule has 0 spiro atoms. The van der Waals surface area contributed by atoms with Gasteiger partial charge in [0, 0.05) is 5.56 Å². The summed E-state index contributed by atoms with van der Waals surface area (Å²) in [5.41, 5.74) is 6.42. The van der Waals surface area contributed by atoms with Crippen LogP contribution in [0.25, 0.3) is 0 Å². The van der Waals surface area contributed by atoms with Crippen LogP contribution >= 0.6 is 0 Å². The molecule has 0 aliphatic heterocycles. The number of benzene rings is 1. The molecular weight excluding hydrogens is 219 g/mol. The molecule has 0 fully saturated rings. The molecule has 0 amide bonds. The lowest BCUT2D eigenvalue weighted by atomic mass is 10.1. The molecule has 3 N–H and O–H groups in total. The molecule has 1 rings (SSSR count). The molecule has 0 aliphatic rings. The van der Waals surface area contributed by atoms with Crippen LogP contribution in [-0.2, 0) is 11.3 Å². The summed E-state index contributed by atoms with van der Waals surface area (Å²) in [6.45, 7) is 6.45. The molecule has 1 atom stereocenters. The largest absolute Gasteiger partial charge is 0.384 e. The number of rotatable bonds is 5. The average Bonchev–Trinajstić information content (AvgIpc) is 2.24. The summed E-state index contributed by atoms with van der Waals surface area (Å²) in [7, 11) is 0. The van der Waals surface area contributed by atoms with Gasteiger partial charge in [-0.15, -0.1) is 0 Å². The van der Waals surface area contributed by atoms with Crippen LogP contribution in [0, 0.1) is 17.1 Å². The summed E-state index contributed by atoms with van der Waals surface area (Å²) in [5.74, 6) is -0.119. The average molecular weight is 238 g/mol. The highest BCUT2D eigenvalue weighted by atomic mass is 19.1. The van der Waals surface area contributed by atoms with Crippen molar-refractivity contribution in [3.63, 3.8) is 0 Å². The van der Waals surface area contributed by atoms with Crippen molar-refractivity contribution in [1.29, 1.82) is 5.41 Å². The molecule has 0 bridgehead atoms. The number of nitrogens with one attached hydrogen (secondary N) is 1. The SMILES string of the molecule is CC(C)C(C)OCc1cc(F)cc(C(=N)N)c1. The van der Waals surface area contributed by atoms with Crippen molar-refractivity contribution in [1.82, 2.24) is 0 Å². The van der Waals surface area contributed by atoms with Crippen LogP contribution in [0.3, 0.4) is 0 Å². The smallest absolute Gasteiger partial charge is 0.124 e. The minimum Gasteiger partial charge on any atom is -0.384 e. The van der Waals surface area contributed by atoms with Gasteiger partial charge in [0.05, 0.1) is 12.7 Å². The van der Waals surface area contributed by atoms with Gasteiger partial charge in [0.15, 0.2) is 0 Å². The standard InChI is InChI=1S/C13H19FN2O/c1-8(2)9(3)17-7-10-4-11(13(15)16)6-12(14)5-10/h4-6,8-9H,7H2,1-3H3,(H3,15,16). The molecule has 1 unspecified atom stereocenters. The third-order valence-corrected chi connectivity index (χ3v) is 2.72. The van der Waals surface area contributed by atoms with Crippen molar-refractivity contribution >= 4 is 5.84 Å². The van der Waals surface area contributed by atoms with E-state index in [1.807, 2.05) is 6.92 Å². The number of amidine groups is 1. The lowest BCUT2D eigenvalue weighted by Gasteiger charge is -2.16. The third-order valence-electron chi connectivity index (χ3n) is 2.72. The predicted octanol–water partition coefficient (Wildman–Crippen LogP) is 2.67. The van der Waals surface area contributed by atoms with Gasteiger partial charge in [-0.25, -0.2) is 4.39 Å². The second-order valence-corrected chi connectivity index (χ2v) is 4.52. The van der Waals surface area contributed by atoms with Crippen LogP contribution in [0.2, 0.25) is 0 Å². The normalized spacial score (nSPS) is 12.8. The molecule has 1 aromatic rings. The monoisotopic (exact) mass is 238 g/mol. The fourth-order valence-corrected chi connectivity index (χ4v) is 1.31. The van der Waals surface area contributed by atoms with Crippen molar-refractivity contribution in [2.75, 3.05) is 0 Å². The van der Waals surface area contributed by atoms with Crippen LogP contribution in [0.5, 0.6) is 0 Å². The Bertz CT molecular complexity index is 404. The molecule has 0 saturated carbocycles. The second kappa shape index (κ2) is 5.77. The van der Waals surface area contributed by atoms with E-state index < -0.39 is 5.82 Å². The molecule has 0 aromatic heterocycles. The molecule has 1 aromatic carbocycles. The van der Waals surface area contributed by atoms with Crippen LogP contribution < -0.4 is 5.73 Å². The van der Waals surface area contributed by atoms with Crippen LogP contribution in [0.15, 0.2) is 18.2 Å². The topological polar surface area (TPSA) is 59.1 Å². The molecular formula is C13H19FN2O. The molecule has 0 saturated heterocycles. The molecule has 0 radical (unpaired) electrons. The summed E-state index contributed by atoms with van der Waals surface area (Å²) in [5, 5.41) is 7.28. The highest BCUT2D eigenvalue weighted by Crippen LogP contribution is 2.13. The third kappa shape index (κ3) is 4.15. The van der Waals surface area contributed by atoms with Crippen molar-refractivity contribution in [3.05, 3.63) is 35.1 Å². The fraction of sp³-hybridized carbons (Fsp3) is 0.462. The highest BCUT2D eigenvalue weighted by molar-refractivity contribution is 5.95. The Morgan fingerprint density at radius 2 is 2.00 bits per heavy atom. The van der Waals surface area contributed by atoms with Crippen LogP contribution in [0.4, 0.5) is 4.39 Å². The van der Waals surface area contributed by atoms with Crippen molar-refractivity contribution in [2.24, 2.45) is 11.7 Å². The summed E-state index contributed by atoms with van der Waals surface area (Å²) in [6, 6.07) is 4.33. The van der Waals surface area contributed by atoms with Gasteiger partial charge in [-0.3, -0.25) is 5.41 Å². The maximum atomic E-state index is 13.3. The highest BCUT2D eigenvalue weighted by Gasteiger charge is 2.09. The summed E-state index contributed by atoms with van der Waals surface area (Å²) < 4.78 is 18.9. The Morgan fingerprint density at radius 3 is 2.53 bits per heavy atom. The zero-order valence-corrected chi connectivity index (χ0v) is 10.5. The molecule has 0 aliphatic carbocycles. The van der Waals surface area contributed by atoms with E-state index in [0.29, 0.717) is 23.7 Å². The minimum atomic E-state index is -0.395. The Morgan fingerprint density at radius 1 is 1.35 bits per heavy atom. The van der Waals surface area contributed by atoms with Crippen molar-refractivity contribution in [3.8, 4) is 0 Å². The van der Waals surface area contributed by atoms with Crippen LogP contribution in [-0.4, -0.2) is 11.9 Å². The Kier molecular flexibility index (Phi) is 4.63. The van der Waals surface area contributed by atoms with E-state index in [4.69, 9.17) is 15.9 Å². The van der Waals surface area contributed by atoms with Gasteiger partial charge in [-0.1, -0.05) is 13.8 Å². The van der Waals surface area contributed by atoms with Gasteiger partial charge in [-0.05, 0) is 36.6 Å². The van der Waals surface area contributed by atoms with Gasteiger partial charge in [0.2, 0.25) is 0 Å². The summed E-state index contributed by atoms with van der Waals surface area (Å²) >= 11 is 0. The summed E-state index contributed by atoms with van der Waals surface area (Å²) in [4.78, 5) is 0. The maximum Gasteiger partial charge on any atom is 0.124 e. The predicted molar refractivity (Wildman–Crippen MR) is 66.5 cm³/mol. The molecule has 3 nitrogen and oxygen atoms in total. The van der Waals surface area contributed by atoms with E-state index in [2.05, 4.69) is 13.8 Å². The lowest BCUT2D eigenvalue weighted by Crippen LogP contribution is -2.16. The number of hydrogen-bond donors (Lipinski definition) is 2. The van der Waals surface area contributed by atoms with E-state index in [-0.39, 0.29) is 11.9 Å². The molecule has 4 heteroatoms. The van der Waals surface area contributed by atoms with Gasteiger partial charge in [-0.2, -0.15) is 0 Å². The van der Waals surface area contributed by atoms with E-state index in [1.54, 1.807) is 6.07 Å². The van der Waals surface area contributed by atoms with Gasteiger partial charge in [0.25, 0.3) is 0 Å². The summed E-state index contributed by atoms with van der Waals surface area (Å²) in [6.07, 6.45) is 0.110. The molecule has 94 valence electrons. The maximum absolute atomic E-state index is 13.3. The number of hydrogen-bond acceptors (Lipinski definition) is 2. The zero-order chi connectivity index (χ0) is 13.0. The molecule has 0 heterocycles. The number of nitrogens with two attached hydrogens (primary N) is 1. The first-order valence-electron chi connectivity index (χ1n) is 5.65. The van der Waals surface area contributed by atoms with E-state index >= 15 is 0 Å². The first kappa shape index (κ1) is 13.6. The van der Waals surface area contributed by atoms with Crippen molar-refractivity contribution < 1.29 is 9.13 Å². The van der Waals surface area contributed by atoms with Gasteiger partial charge in [0.1, 0.15) is 11.7 Å². The lowest BCUT2D eigenvalue weighted by molar-refractivity contribution is 0.0234. The van der Waals surface area contributed by atoms with E-state index in [1.165, 1.54) is 12.1 Å².